The van der Waals surface area contributed by atoms with E-state index in [4.69, 9.17) is 17.3 Å². The van der Waals surface area contributed by atoms with Crippen molar-refractivity contribution in [1.29, 1.82) is 0 Å². The largest absolute Gasteiger partial charge is 0.477 e. The molecular formula is C10H15N3O2S. The van der Waals surface area contributed by atoms with Crippen LogP contribution in [0.25, 0.3) is 0 Å². The van der Waals surface area contributed by atoms with Crippen LogP contribution in [0.4, 0.5) is 0 Å². The first-order chi connectivity index (χ1) is 7.58. The molecule has 1 atom stereocenters. The fourth-order valence-electron chi connectivity index (χ4n) is 2.27. The van der Waals surface area contributed by atoms with Crippen LogP contribution in [0.3, 0.4) is 0 Å². The summed E-state index contributed by atoms with van der Waals surface area (Å²) in [5, 5.41) is 9.06. The van der Waals surface area contributed by atoms with Gasteiger partial charge in [-0.3, -0.25) is 0 Å². The number of aromatic nitrogens is 2. The van der Waals surface area contributed by atoms with Crippen molar-refractivity contribution in [2.75, 3.05) is 20.1 Å². The topological polar surface area (TPSA) is 72.1 Å². The van der Waals surface area contributed by atoms with Crippen molar-refractivity contribution >= 4 is 18.2 Å². The van der Waals surface area contributed by atoms with Crippen LogP contribution in [-0.4, -0.2) is 46.1 Å². The number of hydrogen-bond acceptors (Lipinski definition) is 3. The minimum Gasteiger partial charge on any atom is -0.477 e. The zero-order valence-corrected chi connectivity index (χ0v) is 9.93. The lowest BCUT2D eigenvalue weighted by Crippen LogP contribution is -2.31. The molecule has 0 bridgehead atoms. The number of aromatic carboxylic acids is 1. The van der Waals surface area contributed by atoms with E-state index in [1.54, 1.807) is 0 Å². The predicted molar refractivity (Wildman–Crippen MR) is 62.4 cm³/mol. The van der Waals surface area contributed by atoms with E-state index in [9.17, 15) is 4.79 Å². The highest BCUT2D eigenvalue weighted by Gasteiger charge is 2.25. The van der Waals surface area contributed by atoms with E-state index >= 15 is 0 Å². The first-order valence-corrected chi connectivity index (χ1v) is 5.72. The first-order valence-electron chi connectivity index (χ1n) is 5.32. The summed E-state index contributed by atoms with van der Waals surface area (Å²) in [5.41, 5.74) is 0.953. The van der Waals surface area contributed by atoms with Crippen molar-refractivity contribution in [2.45, 2.75) is 18.8 Å². The molecular weight excluding hydrogens is 226 g/mol. The van der Waals surface area contributed by atoms with Gasteiger partial charge in [0.2, 0.25) is 0 Å². The Morgan fingerprint density at radius 2 is 2.31 bits per heavy atom. The van der Waals surface area contributed by atoms with E-state index in [2.05, 4.69) is 14.9 Å². The number of likely N-dealkylation sites (tertiary alicyclic amines) is 1. The van der Waals surface area contributed by atoms with Crippen molar-refractivity contribution in [3.63, 3.8) is 0 Å². The van der Waals surface area contributed by atoms with Crippen molar-refractivity contribution in [3.05, 3.63) is 16.2 Å². The summed E-state index contributed by atoms with van der Waals surface area (Å²) in [6.07, 6.45) is 2.10. The molecule has 0 saturated carbocycles. The van der Waals surface area contributed by atoms with Gasteiger partial charge in [-0.2, -0.15) is 0 Å². The quantitative estimate of drug-likeness (QED) is 0.687. The van der Waals surface area contributed by atoms with E-state index < -0.39 is 5.97 Å². The molecule has 0 spiro atoms. The molecule has 88 valence electrons. The number of carbonyl (C=O) groups is 1. The van der Waals surface area contributed by atoms with Gasteiger partial charge < -0.3 is 20.0 Å². The number of hydrogen-bond donors (Lipinski definition) is 3. The Morgan fingerprint density at radius 3 is 2.94 bits per heavy atom. The third-order valence-corrected chi connectivity index (χ3v) is 3.21. The van der Waals surface area contributed by atoms with Crippen LogP contribution in [0.15, 0.2) is 0 Å². The smallest absolute Gasteiger partial charge is 0.354 e. The Morgan fingerprint density at radius 1 is 1.56 bits per heavy atom. The summed E-state index contributed by atoms with van der Waals surface area (Å²) in [6, 6.07) is 0. The molecule has 0 aliphatic carbocycles. The Labute approximate surface area is 98.5 Å². The monoisotopic (exact) mass is 241 g/mol. The van der Waals surface area contributed by atoms with E-state index in [1.807, 2.05) is 7.05 Å². The van der Waals surface area contributed by atoms with Crippen LogP contribution in [0.1, 0.15) is 34.9 Å². The van der Waals surface area contributed by atoms with Crippen molar-refractivity contribution in [3.8, 4) is 0 Å². The Kier molecular flexibility index (Phi) is 3.11. The minimum absolute atomic E-state index is 0.213. The van der Waals surface area contributed by atoms with Crippen LogP contribution in [0, 0.1) is 4.77 Å². The highest BCUT2D eigenvalue weighted by Crippen LogP contribution is 2.26. The maximum absolute atomic E-state index is 11.0. The molecule has 1 unspecified atom stereocenters. The maximum atomic E-state index is 11.0. The predicted octanol–water partition coefficient (Wildman–Crippen LogP) is 1.58. The van der Waals surface area contributed by atoms with Gasteiger partial charge in [-0.05, 0) is 38.7 Å². The summed E-state index contributed by atoms with van der Waals surface area (Å²) < 4.78 is 0.389. The average Bonchev–Trinajstić information content (AvgIpc) is 2.60. The molecule has 0 radical (unpaired) electrons. The lowest BCUT2D eigenvalue weighted by molar-refractivity contribution is 0.0688. The second kappa shape index (κ2) is 4.39. The first kappa shape index (κ1) is 11.3. The third kappa shape index (κ3) is 2.17. The summed E-state index contributed by atoms with van der Waals surface area (Å²) in [4.78, 5) is 18.9. The van der Waals surface area contributed by atoms with Crippen LogP contribution in [-0.2, 0) is 0 Å². The zero-order chi connectivity index (χ0) is 11.7. The van der Waals surface area contributed by atoms with Crippen LogP contribution in [0.2, 0.25) is 0 Å². The number of aromatic amines is 2. The van der Waals surface area contributed by atoms with Crippen LogP contribution in [0.5, 0.6) is 0 Å². The van der Waals surface area contributed by atoms with Gasteiger partial charge in [0.15, 0.2) is 4.77 Å². The minimum atomic E-state index is -0.949. The Hall–Kier alpha value is -1.14. The zero-order valence-electron chi connectivity index (χ0n) is 9.12. The van der Waals surface area contributed by atoms with Crippen molar-refractivity contribution in [1.82, 2.24) is 14.9 Å². The van der Waals surface area contributed by atoms with Gasteiger partial charge in [0.1, 0.15) is 5.69 Å². The summed E-state index contributed by atoms with van der Waals surface area (Å²) in [6.45, 7) is 1.95. The highest BCUT2D eigenvalue weighted by atomic mass is 32.1. The molecule has 0 amide bonds. The fraction of sp³-hybridized carbons (Fsp3) is 0.600. The molecule has 1 aliphatic heterocycles. The molecule has 1 saturated heterocycles. The number of nitrogens with one attached hydrogen (secondary N) is 2. The number of nitrogens with zero attached hydrogens (tertiary/aromatic N) is 1. The number of carboxylic acid groups (broad SMARTS) is 1. The summed E-state index contributed by atoms with van der Waals surface area (Å²) in [7, 11) is 2.05. The molecule has 6 heteroatoms. The fourth-order valence-corrected chi connectivity index (χ4v) is 2.49. The molecule has 1 aliphatic rings. The van der Waals surface area contributed by atoms with E-state index in [1.165, 1.54) is 0 Å². The highest BCUT2D eigenvalue weighted by molar-refractivity contribution is 7.71. The lowest BCUT2D eigenvalue weighted by atomic mass is 9.94. The van der Waals surface area contributed by atoms with Gasteiger partial charge in [-0.1, -0.05) is 0 Å². The average molecular weight is 241 g/mol. The normalized spacial score (nSPS) is 22.2. The molecule has 2 heterocycles. The van der Waals surface area contributed by atoms with Crippen molar-refractivity contribution < 1.29 is 9.90 Å². The van der Waals surface area contributed by atoms with E-state index in [-0.39, 0.29) is 11.6 Å². The number of imidazole rings is 1. The number of carboxylic acids is 1. The second-order valence-electron chi connectivity index (χ2n) is 4.27. The molecule has 1 fully saturated rings. The summed E-state index contributed by atoms with van der Waals surface area (Å²) in [5.74, 6) is -0.714. The second-order valence-corrected chi connectivity index (χ2v) is 4.68. The Bertz CT molecular complexity index is 451. The lowest BCUT2D eigenvalue weighted by Gasteiger charge is -2.29. The van der Waals surface area contributed by atoms with Gasteiger partial charge in [0.05, 0.1) is 5.69 Å². The van der Waals surface area contributed by atoms with Crippen LogP contribution >= 0.6 is 12.2 Å². The SMILES string of the molecule is CN1CCCC(c2[nH]c(=S)[nH]c2C(=O)O)C1. The number of piperidine rings is 1. The molecule has 16 heavy (non-hydrogen) atoms. The van der Waals surface area contributed by atoms with Gasteiger partial charge in [0.25, 0.3) is 0 Å². The molecule has 1 aromatic heterocycles. The number of likely N-dealkylation sites (N-methyl/N-ethyl adjacent to an activating group) is 1. The van der Waals surface area contributed by atoms with E-state index in [0.29, 0.717) is 4.77 Å². The van der Waals surface area contributed by atoms with Crippen molar-refractivity contribution in [2.24, 2.45) is 0 Å². The van der Waals surface area contributed by atoms with Gasteiger partial charge >= 0.3 is 5.97 Å². The molecule has 5 nitrogen and oxygen atoms in total. The van der Waals surface area contributed by atoms with E-state index in [0.717, 1.165) is 31.6 Å². The third-order valence-electron chi connectivity index (χ3n) is 3.00. The number of H-pyrrole nitrogens is 2. The standard InChI is InChI=1S/C10H15N3O2S/c1-13-4-2-3-6(5-13)7-8(9(14)15)12-10(16)11-7/h6H,2-5H2,1H3,(H,14,15)(H2,11,12,16). The molecule has 2 rings (SSSR count). The molecule has 3 N–H and O–H groups in total. The molecule has 1 aromatic rings. The van der Waals surface area contributed by atoms with Gasteiger partial charge in [-0.15, -0.1) is 0 Å². The molecule has 0 aromatic carbocycles. The Balaban J connectivity index is 2.31. The van der Waals surface area contributed by atoms with Gasteiger partial charge in [0, 0.05) is 12.5 Å². The maximum Gasteiger partial charge on any atom is 0.354 e. The summed E-state index contributed by atoms with van der Waals surface area (Å²) >= 11 is 4.95. The van der Waals surface area contributed by atoms with Gasteiger partial charge in [-0.25, -0.2) is 4.79 Å². The van der Waals surface area contributed by atoms with Crippen LogP contribution < -0.4 is 0 Å². The number of rotatable bonds is 2.